The third-order valence-electron chi connectivity index (χ3n) is 4.23. The van der Waals surface area contributed by atoms with Gasteiger partial charge in [-0.3, -0.25) is 4.79 Å². The van der Waals surface area contributed by atoms with Crippen LogP contribution >= 0.6 is 0 Å². The van der Waals surface area contributed by atoms with Gasteiger partial charge in [0, 0.05) is 32.5 Å². The third-order valence-corrected chi connectivity index (χ3v) is 4.23. The van der Waals surface area contributed by atoms with E-state index in [4.69, 9.17) is 9.47 Å². The molecule has 0 radical (unpaired) electrons. The molecule has 128 valence electrons. The van der Waals surface area contributed by atoms with E-state index in [9.17, 15) is 18.7 Å². The van der Waals surface area contributed by atoms with Crippen LogP contribution in [-0.2, 0) is 14.3 Å². The maximum absolute atomic E-state index is 13.1. The zero-order valence-electron chi connectivity index (χ0n) is 12.7. The Kier molecular flexibility index (Phi) is 6.08. The van der Waals surface area contributed by atoms with Gasteiger partial charge in [-0.05, 0) is 12.8 Å². The zero-order valence-corrected chi connectivity index (χ0v) is 12.7. The number of alkyl halides is 2. The second kappa shape index (κ2) is 7.63. The summed E-state index contributed by atoms with van der Waals surface area (Å²) in [6, 6.07) is -0.314. The number of halogens is 2. The van der Waals surface area contributed by atoms with Crippen molar-refractivity contribution < 1.29 is 28.2 Å². The summed E-state index contributed by atoms with van der Waals surface area (Å²) in [5.74, 6) is -2.83. The Morgan fingerprint density at radius 1 is 1.41 bits per heavy atom. The maximum atomic E-state index is 13.1. The van der Waals surface area contributed by atoms with E-state index in [0.29, 0.717) is 19.4 Å². The fourth-order valence-electron chi connectivity index (χ4n) is 2.92. The van der Waals surface area contributed by atoms with Crippen molar-refractivity contribution in [3.05, 3.63) is 0 Å². The monoisotopic (exact) mass is 322 g/mol. The maximum Gasteiger partial charge on any atom is 0.248 e. The summed E-state index contributed by atoms with van der Waals surface area (Å²) in [4.78, 5) is 11.3. The average molecular weight is 322 g/mol. The summed E-state index contributed by atoms with van der Waals surface area (Å²) >= 11 is 0. The van der Waals surface area contributed by atoms with Crippen LogP contribution in [0.4, 0.5) is 8.78 Å². The summed E-state index contributed by atoms with van der Waals surface area (Å²) in [6.07, 6.45) is -0.722. The molecule has 0 aromatic rings. The second-order valence-corrected chi connectivity index (χ2v) is 6.00. The van der Waals surface area contributed by atoms with Gasteiger partial charge in [0.15, 0.2) is 0 Å². The lowest BCUT2D eigenvalue weighted by Crippen LogP contribution is -2.50. The highest BCUT2D eigenvalue weighted by Crippen LogP contribution is 2.33. The van der Waals surface area contributed by atoms with E-state index >= 15 is 0 Å². The standard InChI is InChI=1S/C14H24F2N2O4/c1-21-8-12(19)17-6-11-13(20)10(7-22-11)18-9-2-4-14(15,16)5-3-9/h9-11,13,18,20H,2-8H2,1H3,(H,17,19)/t10-,11-,13+/m1/s1. The summed E-state index contributed by atoms with van der Waals surface area (Å²) in [6.45, 7) is 0.462. The van der Waals surface area contributed by atoms with Gasteiger partial charge in [-0.1, -0.05) is 0 Å². The number of hydrogen-bond acceptors (Lipinski definition) is 5. The predicted octanol–water partition coefficient (Wildman–Crippen LogP) is 0.0448. The van der Waals surface area contributed by atoms with Crippen molar-refractivity contribution in [3.8, 4) is 0 Å². The first-order valence-electron chi connectivity index (χ1n) is 7.60. The number of carbonyl (C=O) groups is 1. The van der Waals surface area contributed by atoms with E-state index < -0.39 is 18.1 Å². The van der Waals surface area contributed by atoms with Gasteiger partial charge < -0.3 is 25.2 Å². The Balaban J connectivity index is 1.72. The van der Waals surface area contributed by atoms with Crippen LogP contribution in [0, 0.1) is 0 Å². The number of rotatable bonds is 6. The molecule has 3 atom stereocenters. The van der Waals surface area contributed by atoms with Crippen LogP contribution in [0.3, 0.4) is 0 Å². The Bertz CT molecular complexity index is 374. The first kappa shape index (κ1) is 17.5. The molecule has 0 spiro atoms. The van der Waals surface area contributed by atoms with Crippen LogP contribution in [0.5, 0.6) is 0 Å². The topological polar surface area (TPSA) is 79.8 Å². The predicted molar refractivity (Wildman–Crippen MR) is 74.8 cm³/mol. The molecule has 1 amide bonds. The summed E-state index contributed by atoms with van der Waals surface area (Å²) < 4.78 is 36.4. The van der Waals surface area contributed by atoms with Crippen molar-refractivity contribution in [2.75, 3.05) is 26.9 Å². The molecule has 8 heteroatoms. The van der Waals surface area contributed by atoms with E-state index in [0.717, 1.165) is 0 Å². The zero-order chi connectivity index (χ0) is 16.2. The minimum absolute atomic E-state index is 0.0234. The largest absolute Gasteiger partial charge is 0.389 e. The van der Waals surface area contributed by atoms with Crippen LogP contribution in [0.1, 0.15) is 25.7 Å². The highest BCUT2D eigenvalue weighted by atomic mass is 19.3. The van der Waals surface area contributed by atoms with Crippen LogP contribution in [0.2, 0.25) is 0 Å². The van der Waals surface area contributed by atoms with Crippen molar-refractivity contribution in [2.24, 2.45) is 0 Å². The lowest BCUT2D eigenvalue weighted by Gasteiger charge is -2.31. The highest BCUT2D eigenvalue weighted by Gasteiger charge is 2.40. The van der Waals surface area contributed by atoms with Gasteiger partial charge in [0.25, 0.3) is 0 Å². The van der Waals surface area contributed by atoms with Crippen LogP contribution < -0.4 is 10.6 Å². The van der Waals surface area contributed by atoms with Crippen LogP contribution in [-0.4, -0.2) is 68.1 Å². The van der Waals surface area contributed by atoms with Crippen molar-refractivity contribution in [1.29, 1.82) is 0 Å². The fraction of sp³-hybridized carbons (Fsp3) is 0.929. The average Bonchev–Trinajstić information content (AvgIpc) is 2.80. The summed E-state index contributed by atoms with van der Waals surface area (Å²) in [7, 11) is 1.42. The lowest BCUT2D eigenvalue weighted by molar-refractivity contribution is -0.125. The molecule has 2 aliphatic rings. The molecule has 1 heterocycles. The molecular formula is C14H24F2N2O4. The van der Waals surface area contributed by atoms with Gasteiger partial charge in [-0.2, -0.15) is 0 Å². The summed E-state index contributed by atoms with van der Waals surface area (Å²) in [5, 5.41) is 16.0. The van der Waals surface area contributed by atoms with E-state index in [1.165, 1.54) is 7.11 Å². The SMILES string of the molecule is COCC(=O)NC[C@H]1OC[C@@H](NC2CCC(F)(F)CC2)[C@@H]1O. The highest BCUT2D eigenvalue weighted by molar-refractivity contribution is 5.77. The number of methoxy groups -OCH3 is 1. The molecule has 1 saturated carbocycles. The van der Waals surface area contributed by atoms with Crippen molar-refractivity contribution in [2.45, 2.75) is 55.9 Å². The Morgan fingerprint density at radius 2 is 2.09 bits per heavy atom. The number of nitrogens with one attached hydrogen (secondary N) is 2. The van der Waals surface area contributed by atoms with Gasteiger partial charge in [0.05, 0.1) is 18.8 Å². The number of carbonyl (C=O) groups excluding carboxylic acids is 1. The molecule has 2 rings (SSSR count). The van der Waals surface area contributed by atoms with E-state index in [1.54, 1.807) is 0 Å². The molecule has 0 aromatic heterocycles. The summed E-state index contributed by atoms with van der Waals surface area (Å²) in [5.41, 5.74) is 0. The van der Waals surface area contributed by atoms with Crippen LogP contribution in [0.25, 0.3) is 0 Å². The van der Waals surface area contributed by atoms with E-state index in [-0.39, 0.29) is 44.0 Å². The number of aliphatic hydroxyl groups excluding tert-OH is 1. The third kappa shape index (κ3) is 4.84. The van der Waals surface area contributed by atoms with Gasteiger partial charge in [-0.15, -0.1) is 0 Å². The normalized spacial score (nSPS) is 32.1. The molecule has 22 heavy (non-hydrogen) atoms. The molecule has 3 N–H and O–H groups in total. The number of ether oxygens (including phenoxy) is 2. The Labute approximate surface area is 128 Å². The molecule has 0 aromatic carbocycles. The van der Waals surface area contributed by atoms with Crippen molar-refractivity contribution in [1.82, 2.24) is 10.6 Å². The van der Waals surface area contributed by atoms with Gasteiger partial charge in [-0.25, -0.2) is 8.78 Å². The molecule has 1 saturated heterocycles. The molecule has 2 fully saturated rings. The Hall–Kier alpha value is -0.830. The number of amides is 1. The lowest BCUT2D eigenvalue weighted by atomic mass is 9.91. The molecule has 0 bridgehead atoms. The first-order chi connectivity index (χ1) is 10.4. The van der Waals surface area contributed by atoms with E-state index in [1.807, 2.05) is 0 Å². The number of aliphatic hydroxyl groups is 1. The van der Waals surface area contributed by atoms with Gasteiger partial charge >= 0.3 is 0 Å². The van der Waals surface area contributed by atoms with Gasteiger partial charge in [0.2, 0.25) is 11.8 Å². The minimum Gasteiger partial charge on any atom is -0.389 e. The fourth-order valence-corrected chi connectivity index (χ4v) is 2.92. The quantitative estimate of drug-likeness (QED) is 0.644. The van der Waals surface area contributed by atoms with Crippen molar-refractivity contribution in [3.63, 3.8) is 0 Å². The first-order valence-corrected chi connectivity index (χ1v) is 7.60. The molecular weight excluding hydrogens is 298 g/mol. The van der Waals surface area contributed by atoms with E-state index in [2.05, 4.69) is 10.6 Å². The van der Waals surface area contributed by atoms with Crippen molar-refractivity contribution >= 4 is 5.91 Å². The number of hydrogen-bond donors (Lipinski definition) is 3. The molecule has 6 nitrogen and oxygen atoms in total. The molecule has 1 aliphatic carbocycles. The van der Waals surface area contributed by atoms with Crippen LogP contribution in [0.15, 0.2) is 0 Å². The molecule has 0 unspecified atom stereocenters. The van der Waals surface area contributed by atoms with Gasteiger partial charge in [0.1, 0.15) is 12.7 Å². The second-order valence-electron chi connectivity index (χ2n) is 6.00. The smallest absolute Gasteiger partial charge is 0.248 e. The molecule has 1 aliphatic heterocycles. The minimum atomic E-state index is -2.56. The Morgan fingerprint density at radius 3 is 2.73 bits per heavy atom.